The van der Waals surface area contributed by atoms with Crippen LogP contribution in [0.2, 0.25) is 0 Å². The van der Waals surface area contributed by atoms with E-state index < -0.39 is 39.8 Å². The molecule has 0 spiro atoms. The fourth-order valence-corrected chi connectivity index (χ4v) is 6.49. The predicted octanol–water partition coefficient (Wildman–Crippen LogP) is 3.67. The monoisotopic (exact) mass is 530 g/mol. The maximum atomic E-state index is 13.5. The van der Waals surface area contributed by atoms with Gasteiger partial charge in [-0.25, -0.2) is 0 Å². The molecule has 9 nitrogen and oxygen atoms in total. The Morgan fingerprint density at radius 1 is 1.14 bits per heavy atom. The molecule has 0 aliphatic carbocycles. The molecule has 0 saturated carbocycles. The standard InChI is InChI=1S/C25H26N2O7S2/c1-3-4-7-19(17-13-15(36(32,33)34)10-9-14(17)2)35-20-8-5-6-16-22(20)25(31)27(24(16)30)18-11-12-21(28)26-23(18)29/h5-6,8-10,13,18-19H,3-4,7,11-12H2,1-2H3,(H,26,28,29)(H,32,33,34). The van der Waals surface area contributed by atoms with Gasteiger partial charge in [0, 0.05) is 16.6 Å². The Morgan fingerprint density at radius 3 is 2.56 bits per heavy atom. The number of carbonyl (C=O) groups excluding carboxylic acids is 4. The second kappa shape index (κ2) is 10.2. The van der Waals surface area contributed by atoms with Crippen molar-refractivity contribution in [3.8, 4) is 0 Å². The van der Waals surface area contributed by atoms with E-state index in [1.54, 1.807) is 18.2 Å². The minimum absolute atomic E-state index is 0.0356. The largest absolute Gasteiger partial charge is 0.295 e. The van der Waals surface area contributed by atoms with Crippen molar-refractivity contribution in [2.75, 3.05) is 0 Å². The lowest BCUT2D eigenvalue weighted by Gasteiger charge is -2.28. The minimum atomic E-state index is -4.40. The summed E-state index contributed by atoms with van der Waals surface area (Å²) >= 11 is 1.35. The molecular formula is C25H26N2O7S2. The van der Waals surface area contributed by atoms with Gasteiger partial charge in [0.25, 0.3) is 21.9 Å². The van der Waals surface area contributed by atoms with Crippen LogP contribution >= 0.6 is 11.8 Å². The zero-order chi connectivity index (χ0) is 26.2. The lowest BCUT2D eigenvalue weighted by molar-refractivity contribution is -0.136. The third kappa shape index (κ3) is 4.95. The van der Waals surface area contributed by atoms with E-state index in [9.17, 15) is 32.1 Å². The predicted molar refractivity (Wildman–Crippen MR) is 132 cm³/mol. The third-order valence-electron chi connectivity index (χ3n) is 6.41. The lowest BCUT2D eigenvalue weighted by Crippen LogP contribution is -2.54. The van der Waals surface area contributed by atoms with Gasteiger partial charge in [-0.3, -0.25) is 33.9 Å². The van der Waals surface area contributed by atoms with Crippen molar-refractivity contribution in [2.24, 2.45) is 0 Å². The number of hydrogen-bond donors (Lipinski definition) is 2. The van der Waals surface area contributed by atoms with Crippen molar-refractivity contribution >= 4 is 45.5 Å². The SMILES string of the molecule is CCCCC(Sc1cccc2c1C(=O)N(C1CCC(=O)NC1=O)C2=O)c1cc(S(=O)(=O)O)ccc1C. The van der Waals surface area contributed by atoms with E-state index in [4.69, 9.17) is 0 Å². The van der Waals surface area contributed by atoms with Crippen molar-refractivity contribution in [1.82, 2.24) is 10.2 Å². The molecule has 2 aromatic rings. The number of amides is 4. The number of nitrogens with zero attached hydrogens (tertiary/aromatic N) is 1. The zero-order valence-electron chi connectivity index (χ0n) is 19.8. The highest BCUT2D eigenvalue weighted by Gasteiger charge is 2.45. The van der Waals surface area contributed by atoms with Crippen molar-refractivity contribution < 1.29 is 32.1 Å². The molecule has 1 saturated heterocycles. The molecule has 2 aromatic carbocycles. The van der Waals surface area contributed by atoms with Crippen LogP contribution in [0.3, 0.4) is 0 Å². The Balaban J connectivity index is 1.72. The molecule has 2 N–H and O–H groups in total. The van der Waals surface area contributed by atoms with Crippen LogP contribution in [-0.4, -0.2) is 47.5 Å². The normalized spacial score (nSPS) is 18.9. The topological polar surface area (TPSA) is 138 Å². The molecule has 36 heavy (non-hydrogen) atoms. The van der Waals surface area contributed by atoms with Crippen LogP contribution < -0.4 is 5.32 Å². The lowest BCUT2D eigenvalue weighted by atomic mass is 10.0. The second-order valence-electron chi connectivity index (χ2n) is 8.87. The quantitative estimate of drug-likeness (QED) is 0.300. The van der Waals surface area contributed by atoms with Gasteiger partial charge >= 0.3 is 0 Å². The van der Waals surface area contributed by atoms with Crippen LogP contribution in [0.5, 0.6) is 0 Å². The fourth-order valence-electron chi connectivity index (χ4n) is 4.53. The molecular weight excluding hydrogens is 504 g/mol. The number of benzene rings is 2. The summed E-state index contributed by atoms with van der Waals surface area (Å²) in [5.41, 5.74) is 1.92. The van der Waals surface area contributed by atoms with E-state index in [1.165, 1.54) is 30.0 Å². The molecule has 1 fully saturated rings. The molecule has 4 amide bonds. The van der Waals surface area contributed by atoms with Crippen molar-refractivity contribution in [3.05, 3.63) is 58.7 Å². The summed E-state index contributed by atoms with van der Waals surface area (Å²) in [5, 5.41) is 1.93. The van der Waals surface area contributed by atoms with Crippen LogP contribution in [0.25, 0.3) is 0 Å². The Bertz CT molecular complexity index is 1370. The van der Waals surface area contributed by atoms with Gasteiger partial charge in [0.1, 0.15) is 6.04 Å². The molecule has 2 aliphatic heterocycles. The van der Waals surface area contributed by atoms with Crippen molar-refractivity contribution in [3.63, 3.8) is 0 Å². The van der Waals surface area contributed by atoms with Crippen molar-refractivity contribution in [1.29, 1.82) is 0 Å². The highest BCUT2D eigenvalue weighted by Crippen LogP contribution is 2.44. The summed E-state index contributed by atoms with van der Waals surface area (Å²) in [6, 6.07) is 8.29. The molecule has 2 unspecified atom stereocenters. The van der Waals surface area contributed by atoms with Gasteiger partial charge in [0.2, 0.25) is 11.8 Å². The Kier molecular flexibility index (Phi) is 7.35. The zero-order valence-corrected chi connectivity index (χ0v) is 21.4. The summed E-state index contributed by atoms with van der Waals surface area (Å²) in [6.45, 7) is 3.88. The number of imide groups is 2. The summed E-state index contributed by atoms with van der Waals surface area (Å²) in [7, 11) is -4.40. The molecule has 0 radical (unpaired) electrons. The summed E-state index contributed by atoms with van der Waals surface area (Å²) in [5.74, 6) is -2.29. The first-order valence-electron chi connectivity index (χ1n) is 11.6. The number of hydrogen-bond acceptors (Lipinski definition) is 7. The average Bonchev–Trinajstić information content (AvgIpc) is 3.07. The van der Waals surface area contributed by atoms with E-state index in [-0.39, 0.29) is 34.1 Å². The van der Waals surface area contributed by atoms with Crippen LogP contribution in [0.1, 0.15) is 76.1 Å². The molecule has 4 rings (SSSR count). The molecule has 2 atom stereocenters. The number of thioether (sulfide) groups is 1. The third-order valence-corrected chi connectivity index (χ3v) is 8.63. The summed E-state index contributed by atoms with van der Waals surface area (Å²) < 4.78 is 33.1. The number of piperidine rings is 1. The van der Waals surface area contributed by atoms with Crippen LogP contribution in [0, 0.1) is 6.92 Å². The van der Waals surface area contributed by atoms with Gasteiger partial charge in [-0.15, -0.1) is 11.8 Å². The number of fused-ring (bicyclic) bond motifs is 1. The van der Waals surface area contributed by atoms with Crippen molar-refractivity contribution in [2.45, 2.75) is 67.0 Å². The Hall–Kier alpha value is -3.02. The molecule has 2 heterocycles. The van der Waals surface area contributed by atoms with Gasteiger partial charge in [-0.2, -0.15) is 8.42 Å². The van der Waals surface area contributed by atoms with Crippen LogP contribution in [0.15, 0.2) is 46.2 Å². The van der Waals surface area contributed by atoms with Crippen LogP contribution in [-0.2, 0) is 19.7 Å². The van der Waals surface area contributed by atoms with E-state index >= 15 is 0 Å². The summed E-state index contributed by atoms with van der Waals surface area (Å²) in [4.78, 5) is 51.8. The first-order valence-corrected chi connectivity index (χ1v) is 13.9. The van der Waals surface area contributed by atoms with Gasteiger partial charge in [-0.1, -0.05) is 31.9 Å². The molecule has 190 valence electrons. The molecule has 0 bridgehead atoms. The van der Waals surface area contributed by atoms with Crippen LogP contribution in [0.4, 0.5) is 0 Å². The number of carbonyl (C=O) groups is 4. The second-order valence-corrected chi connectivity index (χ2v) is 11.5. The Labute approximate surface area is 213 Å². The minimum Gasteiger partial charge on any atom is -0.295 e. The highest BCUT2D eigenvalue weighted by molar-refractivity contribution is 7.99. The average molecular weight is 531 g/mol. The van der Waals surface area contributed by atoms with Gasteiger partial charge in [0.05, 0.1) is 16.0 Å². The summed E-state index contributed by atoms with van der Waals surface area (Å²) in [6.07, 6.45) is 2.49. The maximum Gasteiger partial charge on any atom is 0.294 e. The number of unbranched alkanes of at least 4 members (excludes halogenated alkanes) is 1. The Morgan fingerprint density at radius 2 is 1.89 bits per heavy atom. The molecule has 0 aromatic heterocycles. The number of nitrogens with one attached hydrogen (secondary N) is 1. The molecule has 2 aliphatic rings. The number of rotatable bonds is 8. The van der Waals surface area contributed by atoms with E-state index in [1.807, 2.05) is 13.8 Å². The highest BCUT2D eigenvalue weighted by atomic mass is 32.2. The maximum absolute atomic E-state index is 13.5. The van der Waals surface area contributed by atoms with E-state index in [2.05, 4.69) is 5.32 Å². The number of aryl methyl sites for hydroxylation is 1. The smallest absolute Gasteiger partial charge is 0.294 e. The first-order chi connectivity index (χ1) is 17.0. The van der Waals surface area contributed by atoms with Gasteiger partial charge in [-0.05, 0) is 55.2 Å². The molecule has 11 heteroatoms. The van der Waals surface area contributed by atoms with E-state index in [0.717, 1.165) is 23.3 Å². The van der Waals surface area contributed by atoms with Gasteiger partial charge < -0.3 is 0 Å². The fraction of sp³-hybridized carbons (Fsp3) is 0.360. The van der Waals surface area contributed by atoms with E-state index in [0.29, 0.717) is 16.9 Å². The first kappa shape index (κ1) is 26.1. The van der Waals surface area contributed by atoms with Gasteiger partial charge in [0.15, 0.2) is 0 Å².